The van der Waals surface area contributed by atoms with Crippen molar-refractivity contribution in [3.05, 3.63) is 6.92 Å². The third-order valence-electron chi connectivity index (χ3n) is 0.761. The monoisotopic (exact) mass is 150 g/mol. The predicted octanol–water partition coefficient (Wildman–Crippen LogP) is 0.148. The summed E-state index contributed by atoms with van der Waals surface area (Å²) in [6, 6.07) is -0.241. The molecule has 0 aromatic heterocycles. The third-order valence-corrected chi connectivity index (χ3v) is 2.28. The van der Waals surface area contributed by atoms with Crippen LogP contribution in [0.5, 0.6) is 0 Å². The van der Waals surface area contributed by atoms with Gasteiger partial charge in [-0.1, -0.05) is 0 Å². The highest BCUT2D eigenvalue weighted by molar-refractivity contribution is 7.89. The number of sulfonamides is 1. The minimum atomic E-state index is -3.03. The van der Waals surface area contributed by atoms with Crippen molar-refractivity contribution in [3.63, 3.8) is 0 Å². The van der Waals surface area contributed by atoms with Gasteiger partial charge in [0.05, 0.1) is 5.75 Å². The fourth-order valence-corrected chi connectivity index (χ4v) is 1.17. The van der Waals surface area contributed by atoms with Gasteiger partial charge in [0.25, 0.3) is 0 Å². The van der Waals surface area contributed by atoms with Crippen LogP contribution in [0.2, 0.25) is 0 Å². The Balaban J connectivity index is 3.90. The maximum Gasteiger partial charge on any atom is 0.211 e. The number of nitrogens with one attached hydrogen (secondary N) is 1. The lowest BCUT2D eigenvalue weighted by Crippen LogP contribution is -2.31. The fraction of sp³-hybridized carbons (Fsp3) is 0.800. The van der Waals surface area contributed by atoms with Gasteiger partial charge in [0, 0.05) is 6.04 Å². The van der Waals surface area contributed by atoms with Crippen molar-refractivity contribution in [2.75, 3.05) is 5.75 Å². The van der Waals surface area contributed by atoms with Gasteiger partial charge in [0.2, 0.25) is 10.0 Å². The Morgan fingerprint density at radius 3 is 2.22 bits per heavy atom. The molecule has 0 rings (SSSR count). The SMILES string of the molecule is [CH2]C(C)NS(=O)(=O)CC. The fourth-order valence-electron chi connectivity index (χ4n) is 0.390. The topological polar surface area (TPSA) is 46.2 Å². The predicted molar refractivity (Wildman–Crippen MR) is 37.4 cm³/mol. The zero-order valence-corrected chi connectivity index (χ0v) is 6.53. The Morgan fingerprint density at radius 2 is 2.11 bits per heavy atom. The van der Waals surface area contributed by atoms with Crippen LogP contribution in [-0.4, -0.2) is 20.2 Å². The summed E-state index contributed by atoms with van der Waals surface area (Å²) in [6.45, 7) is 6.76. The molecular formula is C5H12NO2S. The Morgan fingerprint density at radius 1 is 1.67 bits per heavy atom. The second-order valence-corrected chi connectivity index (χ2v) is 3.96. The van der Waals surface area contributed by atoms with E-state index in [4.69, 9.17) is 0 Å². The normalized spacial score (nSPS) is 12.4. The van der Waals surface area contributed by atoms with Gasteiger partial charge in [-0.25, -0.2) is 13.1 Å². The lowest BCUT2D eigenvalue weighted by atomic mass is 10.4. The summed E-state index contributed by atoms with van der Waals surface area (Å²) in [4.78, 5) is 0. The molecule has 3 nitrogen and oxygen atoms in total. The van der Waals surface area contributed by atoms with E-state index in [1.165, 1.54) is 0 Å². The molecule has 1 N–H and O–H groups in total. The van der Waals surface area contributed by atoms with Crippen molar-refractivity contribution in [1.29, 1.82) is 0 Å². The summed E-state index contributed by atoms with van der Waals surface area (Å²) in [6.07, 6.45) is 0. The Kier molecular flexibility index (Phi) is 3.14. The van der Waals surface area contributed by atoms with E-state index in [1.807, 2.05) is 0 Å². The molecule has 0 aromatic carbocycles. The van der Waals surface area contributed by atoms with Gasteiger partial charge >= 0.3 is 0 Å². The lowest BCUT2D eigenvalue weighted by Gasteiger charge is -2.05. The summed E-state index contributed by atoms with van der Waals surface area (Å²) in [7, 11) is -3.03. The third kappa shape index (κ3) is 4.42. The summed E-state index contributed by atoms with van der Waals surface area (Å²) in [5, 5.41) is 0. The summed E-state index contributed by atoms with van der Waals surface area (Å²) in [5.74, 6) is 0.118. The molecule has 0 aliphatic heterocycles. The van der Waals surface area contributed by atoms with Crippen molar-refractivity contribution in [1.82, 2.24) is 4.72 Å². The second kappa shape index (κ2) is 3.17. The summed E-state index contributed by atoms with van der Waals surface area (Å²) < 4.78 is 23.6. The Hall–Kier alpha value is -0.0900. The van der Waals surface area contributed by atoms with E-state index >= 15 is 0 Å². The number of rotatable bonds is 3. The van der Waals surface area contributed by atoms with E-state index in [-0.39, 0.29) is 11.8 Å². The average molecular weight is 150 g/mol. The van der Waals surface area contributed by atoms with E-state index in [0.29, 0.717) is 0 Å². The molecule has 0 fully saturated rings. The lowest BCUT2D eigenvalue weighted by molar-refractivity contribution is 0.577. The molecule has 0 bridgehead atoms. The molecule has 1 radical (unpaired) electrons. The molecule has 0 heterocycles. The van der Waals surface area contributed by atoms with Gasteiger partial charge in [-0.3, -0.25) is 0 Å². The molecule has 55 valence electrons. The van der Waals surface area contributed by atoms with Gasteiger partial charge in [0.1, 0.15) is 0 Å². The molecule has 4 heteroatoms. The first kappa shape index (κ1) is 8.91. The van der Waals surface area contributed by atoms with Crippen LogP contribution in [0.1, 0.15) is 13.8 Å². The minimum Gasteiger partial charge on any atom is -0.212 e. The van der Waals surface area contributed by atoms with Crippen LogP contribution in [0.15, 0.2) is 0 Å². The van der Waals surface area contributed by atoms with Crippen molar-refractivity contribution in [2.24, 2.45) is 0 Å². The highest BCUT2D eigenvalue weighted by Gasteiger charge is 2.06. The van der Waals surface area contributed by atoms with E-state index < -0.39 is 10.0 Å². The Labute approximate surface area is 56.5 Å². The second-order valence-electron chi connectivity index (χ2n) is 1.92. The molecule has 0 aliphatic carbocycles. The van der Waals surface area contributed by atoms with Crippen molar-refractivity contribution >= 4 is 10.0 Å². The average Bonchev–Trinajstić information content (AvgIpc) is 1.63. The molecule has 1 unspecified atom stereocenters. The molecule has 0 saturated heterocycles. The van der Waals surface area contributed by atoms with Crippen molar-refractivity contribution in [2.45, 2.75) is 19.9 Å². The van der Waals surface area contributed by atoms with E-state index in [1.54, 1.807) is 13.8 Å². The zero-order valence-electron chi connectivity index (χ0n) is 5.72. The molecule has 0 spiro atoms. The number of hydrogen-bond acceptors (Lipinski definition) is 2. The van der Waals surface area contributed by atoms with Gasteiger partial charge in [-0.05, 0) is 20.8 Å². The molecule has 1 atom stereocenters. The van der Waals surface area contributed by atoms with Crippen LogP contribution in [0.25, 0.3) is 0 Å². The van der Waals surface area contributed by atoms with Crippen LogP contribution in [0.3, 0.4) is 0 Å². The summed E-state index contributed by atoms with van der Waals surface area (Å²) >= 11 is 0. The standard InChI is InChI=1S/C5H12NO2S/c1-4-9(7,8)6-5(2)3/h5-6H,2,4H2,1,3H3. The van der Waals surface area contributed by atoms with Gasteiger partial charge < -0.3 is 0 Å². The molecule has 9 heavy (non-hydrogen) atoms. The van der Waals surface area contributed by atoms with E-state index in [2.05, 4.69) is 11.6 Å². The van der Waals surface area contributed by atoms with Gasteiger partial charge in [-0.15, -0.1) is 0 Å². The van der Waals surface area contributed by atoms with E-state index in [0.717, 1.165) is 0 Å². The number of hydrogen-bond donors (Lipinski definition) is 1. The first-order chi connectivity index (χ1) is 3.98. The quantitative estimate of drug-likeness (QED) is 0.622. The van der Waals surface area contributed by atoms with Crippen LogP contribution in [0.4, 0.5) is 0 Å². The van der Waals surface area contributed by atoms with Gasteiger partial charge in [0.15, 0.2) is 0 Å². The first-order valence-electron chi connectivity index (χ1n) is 2.81. The molecule has 0 aliphatic rings. The first-order valence-corrected chi connectivity index (χ1v) is 4.46. The van der Waals surface area contributed by atoms with Crippen molar-refractivity contribution in [3.8, 4) is 0 Å². The van der Waals surface area contributed by atoms with Crippen LogP contribution < -0.4 is 4.72 Å². The van der Waals surface area contributed by atoms with Crippen LogP contribution >= 0.6 is 0 Å². The molecular weight excluding hydrogens is 138 g/mol. The summed E-state index contributed by atoms with van der Waals surface area (Å²) in [5.41, 5.74) is 0. The Bertz CT molecular complexity index is 160. The molecule has 0 aromatic rings. The van der Waals surface area contributed by atoms with E-state index in [9.17, 15) is 8.42 Å². The zero-order chi connectivity index (χ0) is 7.49. The minimum absolute atomic E-state index is 0.118. The largest absolute Gasteiger partial charge is 0.212 e. The van der Waals surface area contributed by atoms with Crippen molar-refractivity contribution < 1.29 is 8.42 Å². The molecule has 0 amide bonds. The smallest absolute Gasteiger partial charge is 0.211 e. The van der Waals surface area contributed by atoms with Gasteiger partial charge in [-0.2, -0.15) is 0 Å². The van der Waals surface area contributed by atoms with Crippen LogP contribution in [0, 0.1) is 6.92 Å². The van der Waals surface area contributed by atoms with Crippen LogP contribution in [-0.2, 0) is 10.0 Å². The highest BCUT2D eigenvalue weighted by Crippen LogP contribution is 1.85. The maximum atomic E-state index is 10.7. The maximum absolute atomic E-state index is 10.7. The highest BCUT2D eigenvalue weighted by atomic mass is 32.2. The molecule has 0 saturated carbocycles.